The Kier molecular flexibility index (Phi) is 5.88. The van der Waals surface area contributed by atoms with Crippen molar-refractivity contribution in [3.8, 4) is 0 Å². The van der Waals surface area contributed by atoms with Crippen LogP contribution in [0.4, 0.5) is 0 Å². The lowest BCUT2D eigenvalue weighted by atomic mass is 10.0. The van der Waals surface area contributed by atoms with Crippen molar-refractivity contribution in [1.82, 2.24) is 0 Å². The number of carbonyl (C=O) groups is 2. The van der Waals surface area contributed by atoms with E-state index in [9.17, 15) is 19.8 Å². The van der Waals surface area contributed by atoms with Gasteiger partial charge < -0.3 is 20.4 Å². The Hall–Kier alpha value is -1.14. The number of carboxylic acids is 2. The lowest BCUT2D eigenvalue weighted by molar-refractivity contribution is -0.173. The second kappa shape index (κ2) is 6.36. The first kappa shape index (κ1) is 13.9. The van der Waals surface area contributed by atoms with E-state index in [0.29, 0.717) is 0 Å². The van der Waals surface area contributed by atoms with Gasteiger partial charge in [-0.05, 0) is 12.8 Å². The van der Waals surface area contributed by atoms with Crippen LogP contribution in [0.2, 0.25) is 0 Å². The number of hydrogen-bond acceptors (Lipinski definition) is 4. The van der Waals surface area contributed by atoms with Gasteiger partial charge in [-0.15, -0.1) is 0 Å². The predicted octanol–water partition coefficient (Wildman–Crippen LogP) is 0.177. The van der Waals surface area contributed by atoms with E-state index in [0.717, 1.165) is 0 Å². The minimum absolute atomic E-state index is 0.0566. The van der Waals surface area contributed by atoms with Crippen LogP contribution in [0.15, 0.2) is 0 Å². The van der Waals surface area contributed by atoms with E-state index >= 15 is 0 Å². The van der Waals surface area contributed by atoms with Crippen LogP contribution in [0.3, 0.4) is 0 Å². The van der Waals surface area contributed by atoms with Gasteiger partial charge >= 0.3 is 11.9 Å². The smallest absolute Gasteiger partial charge is 0.303 e. The molecular weight excluding hydrogens is 204 g/mol. The fraction of sp³-hybridized carbons (Fsp3) is 0.778. The number of aliphatic carboxylic acids is 2. The van der Waals surface area contributed by atoms with Gasteiger partial charge in [0.1, 0.15) is 0 Å². The van der Waals surface area contributed by atoms with Gasteiger partial charge in [0.05, 0.1) is 0 Å². The molecule has 0 bridgehead atoms. The number of hydrogen-bond donors (Lipinski definition) is 4. The van der Waals surface area contributed by atoms with Crippen LogP contribution in [0.25, 0.3) is 0 Å². The van der Waals surface area contributed by atoms with Gasteiger partial charge in [-0.1, -0.05) is 0 Å². The largest absolute Gasteiger partial charge is 0.481 e. The standard InChI is InChI=1S/C9H16O6/c10-7(11)3-1-5-9(14,15)6-2-4-8(12)13/h14-15H,1-6H2,(H,10,11)(H,12,13). The lowest BCUT2D eigenvalue weighted by Gasteiger charge is -2.20. The maximum absolute atomic E-state index is 10.1. The van der Waals surface area contributed by atoms with Crippen molar-refractivity contribution >= 4 is 11.9 Å². The normalized spacial score (nSPS) is 11.3. The maximum Gasteiger partial charge on any atom is 0.303 e. The zero-order valence-corrected chi connectivity index (χ0v) is 8.35. The second-order valence-electron chi connectivity index (χ2n) is 3.48. The van der Waals surface area contributed by atoms with Crippen LogP contribution in [-0.2, 0) is 9.59 Å². The molecule has 0 heterocycles. The molecule has 0 spiro atoms. The molecule has 0 amide bonds. The van der Waals surface area contributed by atoms with E-state index in [2.05, 4.69) is 0 Å². The summed E-state index contributed by atoms with van der Waals surface area (Å²) in [6.07, 6.45) is -0.0355. The SMILES string of the molecule is O=C(O)CCCC(O)(O)CCCC(=O)O. The molecular formula is C9H16O6. The predicted molar refractivity (Wildman–Crippen MR) is 50.1 cm³/mol. The Morgan fingerprint density at radius 3 is 1.47 bits per heavy atom. The molecule has 6 heteroatoms. The van der Waals surface area contributed by atoms with E-state index in [1.165, 1.54) is 0 Å². The molecule has 4 N–H and O–H groups in total. The molecule has 0 unspecified atom stereocenters. The Labute approximate surface area is 87.2 Å². The van der Waals surface area contributed by atoms with Gasteiger partial charge in [-0.2, -0.15) is 0 Å². The quantitative estimate of drug-likeness (QED) is 0.434. The fourth-order valence-corrected chi connectivity index (χ4v) is 1.17. The summed E-state index contributed by atoms with van der Waals surface area (Å²) in [5.41, 5.74) is 0. The third-order valence-corrected chi connectivity index (χ3v) is 1.94. The van der Waals surface area contributed by atoms with Crippen molar-refractivity contribution in [3.05, 3.63) is 0 Å². The molecule has 0 saturated carbocycles. The molecule has 0 fully saturated rings. The van der Waals surface area contributed by atoms with Crippen molar-refractivity contribution < 1.29 is 30.0 Å². The van der Waals surface area contributed by atoms with Crippen LogP contribution in [-0.4, -0.2) is 38.2 Å². The molecule has 0 saturated heterocycles. The van der Waals surface area contributed by atoms with Gasteiger partial charge in [0, 0.05) is 25.7 Å². The maximum atomic E-state index is 10.1. The number of rotatable bonds is 8. The van der Waals surface area contributed by atoms with E-state index in [1.807, 2.05) is 0 Å². The Balaban J connectivity index is 3.66. The van der Waals surface area contributed by atoms with E-state index in [4.69, 9.17) is 10.2 Å². The van der Waals surface area contributed by atoms with Crippen molar-refractivity contribution in [2.75, 3.05) is 0 Å². The summed E-state index contributed by atoms with van der Waals surface area (Å²) in [7, 11) is 0. The van der Waals surface area contributed by atoms with Gasteiger partial charge in [-0.25, -0.2) is 0 Å². The highest BCUT2D eigenvalue weighted by molar-refractivity contribution is 5.66. The molecule has 15 heavy (non-hydrogen) atoms. The van der Waals surface area contributed by atoms with Crippen molar-refractivity contribution in [1.29, 1.82) is 0 Å². The highest BCUT2D eigenvalue weighted by Gasteiger charge is 2.22. The van der Waals surface area contributed by atoms with Crippen molar-refractivity contribution in [2.24, 2.45) is 0 Å². The summed E-state index contributed by atoms with van der Waals surface area (Å²) in [6, 6.07) is 0. The van der Waals surface area contributed by atoms with E-state index < -0.39 is 17.7 Å². The number of carboxylic acid groups (broad SMARTS) is 2. The van der Waals surface area contributed by atoms with Gasteiger partial charge in [0.25, 0.3) is 0 Å². The third kappa shape index (κ3) is 9.17. The van der Waals surface area contributed by atoms with Crippen LogP contribution in [0.1, 0.15) is 38.5 Å². The van der Waals surface area contributed by atoms with Gasteiger partial charge in [0.2, 0.25) is 0 Å². The van der Waals surface area contributed by atoms with Crippen molar-refractivity contribution in [3.63, 3.8) is 0 Å². The summed E-state index contributed by atoms with van der Waals surface area (Å²) in [5.74, 6) is -3.93. The zero-order chi connectivity index (χ0) is 11.9. The third-order valence-electron chi connectivity index (χ3n) is 1.94. The minimum atomic E-state index is -1.95. The van der Waals surface area contributed by atoms with Gasteiger partial charge in [0.15, 0.2) is 5.79 Å². The molecule has 0 radical (unpaired) electrons. The molecule has 0 aliphatic carbocycles. The molecule has 0 atom stereocenters. The van der Waals surface area contributed by atoms with Gasteiger partial charge in [-0.3, -0.25) is 9.59 Å². The molecule has 6 nitrogen and oxygen atoms in total. The highest BCUT2D eigenvalue weighted by atomic mass is 16.5. The van der Waals surface area contributed by atoms with Crippen LogP contribution >= 0.6 is 0 Å². The first-order valence-electron chi connectivity index (χ1n) is 4.72. The Bertz CT molecular complexity index is 201. The summed E-state index contributed by atoms with van der Waals surface area (Å²) < 4.78 is 0. The van der Waals surface area contributed by atoms with E-state index in [-0.39, 0.29) is 38.5 Å². The first-order valence-corrected chi connectivity index (χ1v) is 4.72. The Morgan fingerprint density at radius 2 is 1.20 bits per heavy atom. The average molecular weight is 220 g/mol. The zero-order valence-electron chi connectivity index (χ0n) is 8.35. The lowest BCUT2D eigenvalue weighted by Crippen LogP contribution is -2.28. The van der Waals surface area contributed by atoms with E-state index in [1.54, 1.807) is 0 Å². The summed E-state index contributed by atoms with van der Waals surface area (Å²) in [5, 5.41) is 35.3. The molecule has 0 aromatic heterocycles. The van der Waals surface area contributed by atoms with Crippen molar-refractivity contribution in [2.45, 2.75) is 44.3 Å². The fourth-order valence-electron chi connectivity index (χ4n) is 1.17. The first-order chi connectivity index (χ1) is 6.83. The van der Waals surface area contributed by atoms with Crippen LogP contribution in [0, 0.1) is 0 Å². The molecule has 0 aromatic rings. The molecule has 0 aliphatic heterocycles. The van der Waals surface area contributed by atoms with Crippen LogP contribution < -0.4 is 0 Å². The highest BCUT2D eigenvalue weighted by Crippen LogP contribution is 2.18. The monoisotopic (exact) mass is 220 g/mol. The molecule has 0 aliphatic rings. The molecule has 88 valence electrons. The molecule has 0 rings (SSSR count). The van der Waals surface area contributed by atoms with Crippen LogP contribution in [0.5, 0.6) is 0 Å². The Morgan fingerprint density at radius 1 is 0.867 bits per heavy atom. The second-order valence-corrected chi connectivity index (χ2v) is 3.48. The summed E-state index contributed by atoms with van der Waals surface area (Å²) in [6.45, 7) is 0. The number of aliphatic hydroxyl groups is 2. The summed E-state index contributed by atoms with van der Waals surface area (Å²) in [4.78, 5) is 20.3. The summed E-state index contributed by atoms with van der Waals surface area (Å²) >= 11 is 0. The average Bonchev–Trinajstić information content (AvgIpc) is 2.01. The minimum Gasteiger partial charge on any atom is -0.481 e. The molecule has 0 aromatic carbocycles. The topological polar surface area (TPSA) is 115 Å².